The molecule has 0 aromatic carbocycles. The zero-order chi connectivity index (χ0) is 12.3. The molecule has 1 unspecified atom stereocenters. The molecule has 96 valence electrons. The molecular weight excluding hydrogens is 232 g/mol. The average Bonchev–Trinajstić information content (AvgIpc) is 2.64. The topological polar surface area (TPSA) is 29.5 Å². The van der Waals surface area contributed by atoms with Crippen LogP contribution in [0.4, 0.5) is 0 Å². The summed E-state index contributed by atoms with van der Waals surface area (Å²) in [6.45, 7) is 2.08. The van der Waals surface area contributed by atoms with E-state index in [0.717, 1.165) is 31.2 Å². The number of thiophene rings is 1. The first-order valence-corrected chi connectivity index (χ1v) is 7.34. The Balaban J connectivity index is 2.21. The molecule has 2 nitrogen and oxygen atoms in total. The lowest BCUT2D eigenvalue weighted by atomic mass is 9.85. The molecule has 2 rings (SSSR count). The van der Waals surface area contributed by atoms with Crippen molar-refractivity contribution in [3.63, 3.8) is 0 Å². The number of aryl methyl sites for hydroxylation is 1. The number of ether oxygens (including phenoxy) is 1. The van der Waals surface area contributed by atoms with Gasteiger partial charge in [0.15, 0.2) is 0 Å². The van der Waals surface area contributed by atoms with Gasteiger partial charge in [-0.05, 0) is 36.8 Å². The van der Waals surface area contributed by atoms with E-state index < -0.39 is 6.10 Å². The molecule has 1 aliphatic rings. The van der Waals surface area contributed by atoms with Crippen LogP contribution in [0.1, 0.15) is 55.1 Å². The number of rotatable bonds is 3. The second-order valence-corrected chi connectivity index (χ2v) is 6.19. The molecule has 1 aromatic heterocycles. The second-order valence-electron chi connectivity index (χ2n) is 5.08. The number of hydrogen-bond acceptors (Lipinski definition) is 3. The van der Waals surface area contributed by atoms with E-state index in [1.54, 1.807) is 18.4 Å². The third kappa shape index (κ3) is 2.72. The number of hydrogen-bond donors (Lipinski definition) is 1. The minimum Gasteiger partial charge on any atom is -0.385 e. The fraction of sp³-hybridized carbons (Fsp3) is 0.714. The van der Waals surface area contributed by atoms with E-state index >= 15 is 0 Å². The predicted molar refractivity (Wildman–Crippen MR) is 71.5 cm³/mol. The summed E-state index contributed by atoms with van der Waals surface area (Å²) in [4.78, 5) is 1.25. The molecule has 1 fully saturated rings. The Bertz CT molecular complexity index is 351. The first kappa shape index (κ1) is 13.1. The molecule has 1 N–H and O–H groups in total. The molecule has 3 heteroatoms. The Kier molecular flexibility index (Phi) is 4.23. The van der Waals surface area contributed by atoms with E-state index in [4.69, 9.17) is 4.74 Å². The van der Waals surface area contributed by atoms with E-state index in [1.165, 1.54) is 17.7 Å². The van der Waals surface area contributed by atoms with Crippen LogP contribution in [0.3, 0.4) is 0 Å². The Morgan fingerprint density at radius 3 is 2.41 bits per heavy atom. The maximum atomic E-state index is 10.6. The number of methoxy groups -OCH3 is 1. The van der Waals surface area contributed by atoms with Crippen molar-refractivity contribution < 1.29 is 9.84 Å². The first-order chi connectivity index (χ1) is 8.18. The van der Waals surface area contributed by atoms with Crippen LogP contribution in [0.5, 0.6) is 0 Å². The lowest BCUT2D eigenvalue weighted by Gasteiger charge is -2.36. The van der Waals surface area contributed by atoms with Gasteiger partial charge in [-0.25, -0.2) is 0 Å². The summed E-state index contributed by atoms with van der Waals surface area (Å²) in [6.07, 6.45) is 6.32. The van der Waals surface area contributed by atoms with Crippen molar-refractivity contribution in [3.05, 3.63) is 21.9 Å². The molecule has 1 aromatic rings. The minimum absolute atomic E-state index is 0.357. The van der Waals surface area contributed by atoms with Gasteiger partial charge in [0.1, 0.15) is 6.10 Å². The smallest absolute Gasteiger partial charge is 0.109 e. The number of aliphatic hydroxyl groups excluding tert-OH is 1. The van der Waals surface area contributed by atoms with Gasteiger partial charge in [-0.1, -0.05) is 25.7 Å². The summed E-state index contributed by atoms with van der Waals surface area (Å²) in [5.41, 5.74) is 0.667. The van der Waals surface area contributed by atoms with Gasteiger partial charge in [-0.2, -0.15) is 0 Å². The van der Waals surface area contributed by atoms with Gasteiger partial charge in [-0.15, -0.1) is 11.3 Å². The summed E-state index contributed by atoms with van der Waals surface area (Å²) in [6, 6.07) is 2.08. The number of aliphatic hydroxyl groups is 1. The molecule has 17 heavy (non-hydrogen) atoms. The van der Waals surface area contributed by atoms with Crippen molar-refractivity contribution in [2.24, 2.45) is 0 Å². The van der Waals surface area contributed by atoms with Crippen LogP contribution in [0.2, 0.25) is 0 Å². The molecule has 1 saturated carbocycles. The highest BCUT2D eigenvalue weighted by molar-refractivity contribution is 7.10. The lowest BCUT2D eigenvalue weighted by molar-refractivity contribution is -0.114. The van der Waals surface area contributed by atoms with Crippen LogP contribution in [0, 0.1) is 6.92 Å². The van der Waals surface area contributed by atoms with E-state index in [-0.39, 0.29) is 5.60 Å². The highest BCUT2D eigenvalue weighted by Gasteiger charge is 2.39. The fourth-order valence-corrected chi connectivity index (χ4v) is 3.55. The molecule has 0 amide bonds. The van der Waals surface area contributed by atoms with Crippen LogP contribution in [-0.4, -0.2) is 17.8 Å². The lowest BCUT2D eigenvalue weighted by Crippen LogP contribution is -2.38. The zero-order valence-corrected chi connectivity index (χ0v) is 11.6. The van der Waals surface area contributed by atoms with Gasteiger partial charge in [0.05, 0.1) is 5.60 Å². The maximum Gasteiger partial charge on any atom is 0.109 e. The maximum absolute atomic E-state index is 10.6. The van der Waals surface area contributed by atoms with Crippen molar-refractivity contribution in [2.45, 2.75) is 57.2 Å². The predicted octanol–water partition coefficient (Wildman–Crippen LogP) is 3.83. The quantitative estimate of drug-likeness (QED) is 0.831. The van der Waals surface area contributed by atoms with E-state index in [9.17, 15) is 5.11 Å². The molecular formula is C14H22O2S. The summed E-state index contributed by atoms with van der Waals surface area (Å²) in [5.74, 6) is 0. The largest absolute Gasteiger partial charge is 0.385 e. The molecule has 1 heterocycles. The normalized spacial score (nSPS) is 22.1. The molecule has 0 saturated heterocycles. The van der Waals surface area contributed by atoms with Gasteiger partial charge in [0, 0.05) is 12.0 Å². The third-order valence-electron chi connectivity index (χ3n) is 3.92. The minimum atomic E-state index is -0.476. The monoisotopic (exact) mass is 254 g/mol. The molecule has 0 bridgehead atoms. The van der Waals surface area contributed by atoms with Gasteiger partial charge in [-0.3, -0.25) is 0 Å². The Morgan fingerprint density at radius 1 is 1.29 bits per heavy atom. The Morgan fingerprint density at radius 2 is 1.94 bits per heavy atom. The summed E-state index contributed by atoms with van der Waals surface area (Å²) >= 11 is 1.70. The van der Waals surface area contributed by atoms with Crippen molar-refractivity contribution in [2.75, 3.05) is 7.11 Å². The molecule has 0 spiro atoms. The fourth-order valence-electron chi connectivity index (χ4n) is 2.83. The van der Waals surface area contributed by atoms with Gasteiger partial charge >= 0.3 is 0 Å². The molecule has 0 aliphatic heterocycles. The standard InChI is InChI=1S/C14H22O2S/c1-11-9-12(10-17-11)13(15)14(16-2)7-5-3-4-6-8-14/h9-10,13,15H,3-8H2,1-2H3. The molecule has 0 radical (unpaired) electrons. The highest BCUT2D eigenvalue weighted by Crippen LogP contribution is 2.41. The van der Waals surface area contributed by atoms with E-state index in [2.05, 4.69) is 18.4 Å². The summed E-state index contributed by atoms with van der Waals surface area (Å²) in [7, 11) is 1.74. The van der Waals surface area contributed by atoms with E-state index in [0.29, 0.717) is 0 Å². The summed E-state index contributed by atoms with van der Waals surface area (Å²) < 4.78 is 5.74. The van der Waals surface area contributed by atoms with Gasteiger partial charge in [0.2, 0.25) is 0 Å². The van der Waals surface area contributed by atoms with Crippen molar-refractivity contribution >= 4 is 11.3 Å². The zero-order valence-electron chi connectivity index (χ0n) is 10.7. The van der Waals surface area contributed by atoms with Crippen LogP contribution < -0.4 is 0 Å². The van der Waals surface area contributed by atoms with Crippen LogP contribution in [-0.2, 0) is 4.74 Å². The molecule has 1 aliphatic carbocycles. The van der Waals surface area contributed by atoms with Crippen molar-refractivity contribution in [1.29, 1.82) is 0 Å². The van der Waals surface area contributed by atoms with Gasteiger partial charge < -0.3 is 9.84 Å². The highest BCUT2D eigenvalue weighted by atomic mass is 32.1. The van der Waals surface area contributed by atoms with E-state index in [1.807, 2.05) is 0 Å². The third-order valence-corrected chi connectivity index (χ3v) is 4.80. The van der Waals surface area contributed by atoms with Crippen LogP contribution in [0.15, 0.2) is 11.4 Å². The van der Waals surface area contributed by atoms with Crippen molar-refractivity contribution in [3.8, 4) is 0 Å². The van der Waals surface area contributed by atoms with Gasteiger partial charge in [0.25, 0.3) is 0 Å². The van der Waals surface area contributed by atoms with Crippen molar-refractivity contribution in [1.82, 2.24) is 0 Å². The Labute approximate surface area is 108 Å². The Hall–Kier alpha value is -0.380. The summed E-state index contributed by atoms with van der Waals surface area (Å²) in [5, 5.41) is 12.7. The van der Waals surface area contributed by atoms with Crippen LogP contribution >= 0.6 is 11.3 Å². The first-order valence-electron chi connectivity index (χ1n) is 6.46. The molecule has 1 atom stereocenters. The SMILES string of the molecule is COC1(C(O)c2csc(C)c2)CCCCCC1. The van der Waals surface area contributed by atoms with Crippen LogP contribution in [0.25, 0.3) is 0 Å². The average molecular weight is 254 g/mol. The second kappa shape index (κ2) is 5.51.